The highest BCUT2D eigenvalue weighted by Crippen LogP contribution is 2.32. The van der Waals surface area contributed by atoms with Crippen molar-refractivity contribution in [1.29, 1.82) is 5.26 Å². The predicted octanol–water partition coefficient (Wildman–Crippen LogP) is 1.37. The number of nitriles is 1. The Bertz CT molecular complexity index is 515. The summed E-state index contributed by atoms with van der Waals surface area (Å²) in [6.45, 7) is 0.143. The zero-order valence-corrected chi connectivity index (χ0v) is 10.8. The number of carbonyl (C=O) groups excluding carboxylic acids is 1. The molecule has 0 bridgehead atoms. The highest BCUT2D eigenvalue weighted by atomic mass is 16.1. The topological polar surface area (TPSA) is 96.1 Å². The van der Waals surface area contributed by atoms with Gasteiger partial charge in [0.25, 0.3) is 0 Å². The van der Waals surface area contributed by atoms with Gasteiger partial charge in [-0.15, -0.1) is 0 Å². The lowest BCUT2D eigenvalue weighted by Gasteiger charge is -2.31. The molecule has 4 N–H and O–H groups in total. The summed E-state index contributed by atoms with van der Waals surface area (Å²) < 4.78 is 0. The average Bonchev–Trinajstić information content (AvgIpc) is 2.90. The number of carbonyl (C=O) groups is 1. The second-order valence-electron chi connectivity index (χ2n) is 4.88. The van der Waals surface area contributed by atoms with Gasteiger partial charge in [0.2, 0.25) is 5.91 Å². The highest BCUT2D eigenvalue weighted by Gasteiger charge is 2.25. The van der Waals surface area contributed by atoms with Crippen LogP contribution < -0.4 is 16.4 Å². The number of anilines is 2. The molecule has 0 aliphatic heterocycles. The fourth-order valence-corrected chi connectivity index (χ4v) is 2.70. The lowest BCUT2D eigenvalue weighted by molar-refractivity contribution is -0.116. The van der Waals surface area contributed by atoms with Crippen molar-refractivity contribution in [2.75, 3.05) is 17.2 Å². The van der Waals surface area contributed by atoms with Crippen LogP contribution in [0.15, 0.2) is 18.2 Å². The Morgan fingerprint density at radius 2 is 2.11 bits per heavy atom. The molecule has 1 amide bonds. The maximum absolute atomic E-state index is 11.3. The maximum atomic E-state index is 11.3. The number of hydrogen-bond donors (Lipinski definition) is 2. The third kappa shape index (κ3) is 2.79. The van der Waals surface area contributed by atoms with Gasteiger partial charge in [0.15, 0.2) is 0 Å². The molecule has 1 saturated carbocycles. The summed E-state index contributed by atoms with van der Waals surface area (Å²) in [6.07, 6.45) is 4.36. The summed E-state index contributed by atoms with van der Waals surface area (Å²) >= 11 is 0. The summed E-state index contributed by atoms with van der Waals surface area (Å²) in [5.74, 6) is -0.381. The third-order valence-corrected chi connectivity index (χ3v) is 3.60. The molecular weight excluding hydrogens is 240 g/mol. The predicted molar refractivity (Wildman–Crippen MR) is 74.4 cm³/mol. The first-order chi connectivity index (χ1) is 9.13. The Morgan fingerprint density at radius 1 is 1.42 bits per heavy atom. The van der Waals surface area contributed by atoms with E-state index in [9.17, 15) is 4.79 Å². The van der Waals surface area contributed by atoms with Gasteiger partial charge in [0.05, 0.1) is 23.5 Å². The Balaban J connectivity index is 2.37. The highest BCUT2D eigenvalue weighted by molar-refractivity contribution is 5.83. The van der Waals surface area contributed by atoms with Crippen LogP contribution in [-0.4, -0.2) is 18.5 Å². The molecule has 5 nitrogen and oxygen atoms in total. The molecule has 1 aliphatic rings. The van der Waals surface area contributed by atoms with E-state index in [0.717, 1.165) is 31.4 Å². The van der Waals surface area contributed by atoms with Crippen LogP contribution in [0.3, 0.4) is 0 Å². The number of nitrogens with zero attached hydrogens (tertiary/aromatic N) is 2. The molecule has 0 heterocycles. The van der Waals surface area contributed by atoms with E-state index in [1.807, 2.05) is 11.0 Å². The van der Waals surface area contributed by atoms with E-state index in [4.69, 9.17) is 16.7 Å². The first-order valence-corrected chi connectivity index (χ1v) is 6.47. The SMILES string of the molecule is N#Cc1cccc(N(CC(N)=O)C2CCCC2)c1N. The van der Waals surface area contributed by atoms with Gasteiger partial charge in [-0.05, 0) is 25.0 Å². The van der Waals surface area contributed by atoms with Crippen molar-refractivity contribution in [3.63, 3.8) is 0 Å². The monoisotopic (exact) mass is 258 g/mol. The van der Waals surface area contributed by atoms with E-state index < -0.39 is 0 Å². The molecule has 1 fully saturated rings. The maximum Gasteiger partial charge on any atom is 0.236 e. The van der Waals surface area contributed by atoms with E-state index in [1.165, 1.54) is 0 Å². The van der Waals surface area contributed by atoms with Crippen LogP contribution in [0.25, 0.3) is 0 Å². The Labute approximate surface area is 112 Å². The van der Waals surface area contributed by atoms with E-state index >= 15 is 0 Å². The van der Waals surface area contributed by atoms with Crippen LogP contribution in [0.5, 0.6) is 0 Å². The molecule has 0 spiro atoms. The largest absolute Gasteiger partial charge is 0.396 e. The summed E-state index contributed by atoms with van der Waals surface area (Å²) in [5.41, 5.74) is 13.0. The van der Waals surface area contributed by atoms with E-state index in [0.29, 0.717) is 11.3 Å². The number of para-hydroxylation sites is 1. The molecule has 0 atom stereocenters. The molecule has 5 heteroatoms. The molecule has 0 radical (unpaired) electrons. The fraction of sp³-hybridized carbons (Fsp3) is 0.429. The van der Waals surface area contributed by atoms with Gasteiger partial charge in [0.1, 0.15) is 6.07 Å². The second-order valence-corrected chi connectivity index (χ2v) is 4.88. The number of nitrogens with two attached hydrogens (primary N) is 2. The molecule has 0 saturated heterocycles. The summed E-state index contributed by atoms with van der Waals surface area (Å²) in [4.78, 5) is 13.2. The molecule has 1 aliphatic carbocycles. The van der Waals surface area contributed by atoms with Gasteiger partial charge in [-0.1, -0.05) is 18.9 Å². The minimum absolute atomic E-state index is 0.143. The van der Waals surface area contributed by atoms with Gasteiger partial charge in [-0.2, -0.15) is 5.26 Å². The third-order valence-electron chi connectivity index (χ3n) is 3.60. The standard InChI is InChI=1S/C14H18N4O/c15-8-10-4-3-7-12(14(10)17)18(9-13(16)19)11-5-1-2-6-11/h3-4,7,11H,1-2,5-6,9,17H2,(H2,16,19). The molecular formula is C14H18N4O. The van der Waals surface area contributed by atoms with Crippen molar-refractivity contribution in [1.82, 2.24) is 0 Å². The first kappa shape index (κ1) is 13.2. The van der Waals surface area contributed by atoms with E-state index in [-0.39, 0.29) is 18.5 Å². The van der Waals surface area contributed by atoms with Crippen molar-refractivity contribution in [2.45, 2.75) is 31.7 Å². The van der Waals surface area contributed by atoms with Gasteiger partial charge in [-0.25, -0.2) is 0 Å². The Morgan fingerprint density at radius 3 is 2.68 bits per heavy atom. The van der Waals surface area contributed by atoms with Crippen LogP contribution >= 0.6 is 0 Å². The average molecular weight is 258 g/mol. The number of benzene rings is 1. The molecule has 100 valence electrons. The number of hydrogen-bond acceptors (Lipinski definition) is 4. The van der Waals surface area contributed by atoms with Crippen LogP contribution in [0, 0.1) is 11.3 Å². The van der Waals surface area contributed by atoms with Crippen LogP contribution in [-0.2, 0) is 4.79 Å². The van der Waals surface area contributed by atoms with Crippen LogP contribution in [0.1, 0.15) is 31.2 Å². The zero-order chi connectivity index (χ0) is 13.8. The van der Waals surface area contributed by atoms with Gasteiger partial charge in [0, 0.05) is 6.04 Å². The summed E-state index contributed by atoms with van der Waals surface area (Å²) in [6, 6.07) is 7.65. The van der Waals surface area contributed by atoms with Crippen molar-refractivity contribution in [2.24, 2.45) is 5.73 Å². The quantitative estimate of drug-likeness (QED) is 0.797. The normalized spacial score (nSPS) is 15.1. The lowest BCUT2D eigenvalue weighted by Crippen LogP contribution is -2.40. The van der Waals surface area contributed by atoms with Gasteiger partial charge < -0.3 is 16.4 Å². The Hall–Kier alpha value is -2.22. The smallest absolute Gasteiger partial charge is 0.236 e. The van der Waals surface area contributed by atoms with E-state index in [2.05, 4.69) is 6.07 Å². The minimum Gasteiger partial charge on any atom is -0.396 e. The molecule has 0 unspecified atom stereocenters. The fourth-order valence-electron chi connectivity index (χ4n) is 2.70. The van der Waals surface area contributed by atoms with Gasteiger partial charge in [-0.3, -0.25) is 4.79 Å². The first-order valence-electron chi connectivity index (χ1n) is 6.47. The van der Waals surface area contributed by atoms with E-state index in [1.54, 1.807) is 12.1 Å². The molecule has 19 heavy (non-hydrogen) atoms. The lowest BCUT2D eigenvalue weighted by atomic mass is 10.1. The van der Waals surface area contributed by atoms with Crippen molar-refractivity contribution >= 4 is 17.3 Å². The van der Waals surface area contributed by atoms with Crippen molar-refractivity contribution < 1.29 is 4.79 Å². The summed E-state index contributed by atoms with van der Waals surface area (Å²) in [7, 11) is 0. The van der Waals surface area contributed by atoms with Crippen LogP contribution in [0.4, 0.5) is 11.4 Å². The van der Waals surface area contributed by atoms with Crippen molar-refractivity contribution in [3.8, 4) is 6.07 Å². The zero-order valence-electron chi connectivity index (χ0n) is 10.8. The minimum atomic E-state index is -0.381. The molecule has 1 aromatic carbocycles. The summed E-state index contributed by atoms with van der Waals surface area (Å²) in [5, 5.41) is 9.03. The second kappa shape index (κ2) is 5.61. The molecule has 0 aromatic heterocycles. The number of primary amides is 1. The molecule has 1 aromatic rings. The van der Waals surface area contributed by atoms with Crippen LogP contribution in [0.2, 0.25) is 0 Å². The number of amides is 1. The number of nitrogen functional groups attached to an aromatic ring is 1. The van der Waals surface area contributed by atoms with Gasteiger partial charge >= 0.3 is 0 Å². The molecule has 2 rings (SSSR count). The van der Waals surface area contributed by atoms with Crippen molar-refractivity contribution in [3.05, 3.63) is 23.8 Å². The number of rotatable bonds is 4. The Kier molecular flexibility index (Phi) is 3.91.